The van der Waals surface area contributed by atoms with Crippen molar-refractivity contribution in [2.75, 3.05) is 4.90 Å². The molecule has 172 valence electrons. The van der Waals surface area contributed by atoms with E-state index >= 15 is 0 Å². The van der Waals surface area contributed by atoms with Crippen molar-refractivity contribution in [1.82, 2.24) is 15.1 Å². The molecule has 2 amide bonds. The van der Waals surface area contributed by atoms with Gasteiger partial charge in [0.25, 0.3) is 5.91 Å². The first-order valence-corrected chi connectivity index (χ1v) is 11.9. The number of nitrogens with zero attached hydrogens (tertiary/aromatic N) is 3. The average molecular weight is 457 g/mol. The van der Waals surface area contributed by atoms with Crippen LogP contribution >= 0.6 is 11.6 Å². The van der Waals surface area contributed by atoms with Crippen molar-refractivity contribution in [3.8, 4) is 0 Å². The minimum absolute atomic E-state index is 0.143. The summed E-state index contributed by atoms with van der Waals surface area (Å²) < 4.78 is 1.71. The number of halogens is 1. The molecule has 1 aliphatic heterocycles. The molecule has 1 unspecified atom stereocenters. The Morgan fingerprint density at radius 3 is 2.53 bits per heavy atom. The third kappa shape index (κ3) is 4.05. The molecule has 0 radical (unpaired) electrons. The molecule has 1 aromatic heterocycles. The molecule has 6 nitrogen and oxygen atoms in total. The second-order valence-corrected chi connectivity index (χ2v) is 10.9. The smallest absolute Gasteiger partial charge is 0.277 e. The maximum atomic E-state index is 13.9. The fourth-order valence-corrected chi connectivity index (χ4v) is 4.90. The highest BCUT2D eigenvalue weighted by Crippen LogP contribution is 2.37. The summed E-state index contributed by atoms with van der Waals surface area (Å²) in [7, 11) is 0. The lowest BCUT2D eigenvalue weighted by Gasteiger charge is -2.44. The van der Waals surface area contributed by atoms with Gasteiger partial charge in [0.2, 0.25) is 5.91 Å². The fourth-order valence-electron chi connectivity index (χ4n) is 4.74. The molecule has 1 atom stereocenters. The van der Waals surface area contributed by atoms with Gasteiger partial charge in [0.1, 0.15) is 11.2 Å². The molecule has 1 fully saturated rings. The van der Waals surface area contributed by atoms with Crippen LogP contribution in [0.4, 0.5) is 5.69 Å². The molecule has 1 saturated carbocycles. The van der Waals surface area contributed by atoms with Gasteiger partial charge in [-0.2, -0.15) is 5.10 Å². The summed E-state index contributed by atoms with van der Waals surface area (Å²) in [6.45, 7) is 10.3. The number of hydrogen-bond acceptors (Lipinski definition) is 3. The number of carbonyl (C=O) groups is 2. The predicted molar refractivity (Wildman–Crippen MR) is 127 cm³/mol. The van der Waals surface area contributed by atoms with Gasteiger partial charge in [-0.15, -0.1) is 0 Å². The van der Waals surface area contributed by atoms with E-state index in [0.29, 0.717) is 16.4 Å². The van der Waals surface area contributed by atoms with E-state index in [4.69, 9.17) is 16.7 Å². The Morgan fingerprint density at radius 2 is 1.88 bits per heavy atom. The van der Waals surface area contributed by atoms with E-state index in [1.807, 2.05) is 26.0 Å². The van der Waals surface area contributed by atoms with E-state index < -0.39 is 5.54 Å². The number of rotatable bonds is 3. The summed E-state index contributed by atoms with van der Waals surface area (Å²) in [6.07, 6.45) is 5.41. The molecule has 0 bridgehead atoms. The molecule has 0 spiro atoms. The summed E-state index contributed by atoms with van der Waals surface area (Å²) >= 11 is 6.32. The van der Waals surface area contributed by atoms with Crippen molar-refractivity contribution >= 4 is 29.1 Å². The molecule has 1 aliphatic carbocycles. The molecule has 7 heteroatoms. The van der Waals surface area contributed by atoms with E-state index in [-0.39, 0.29) is 29.8 Å². The van der Waals surface area contributed by atoms with Crippen LogP contribution in [0.5, 0.6) is 0 Å². The van der Waals surface area contributed by atoms with Gasteiger partial charge in [-0.1, -0.05) is 57.7 Å². The molecule has 2 aromatic rings. The highest BCUT2D eigenvalue weighted by Gasteiger charge is 2.50. The van der Waals surface area contributed by atoms with Crippen molar-refractivity contribution in [2.45, 2.75) is 90.3 Å². The maximum absolute atomic E-state index is 13.9. The Balaban J connectivity index is 1.81. The van der Waals surface area contributed by atoms with Gasteiger partial charge in [-0.3, -0.25) is 19.2 Å². The Hall–Kier alpha value is -2.34. The average Bonchev–Trinajstić information content (AvgIpc) is 3.16. The molecule has 1 aromatic carbocycles. The summed E-state index contributed by atoms with van der Waals surface area (Å²) in [5, 5.41) is 8.50. The fraction of sp³-hybridized carbons (Fsp3) is 0.560. The molecule has 32 heavy (non-hydrogen) atoms. The Morgan fingerprint density at radius 1 is 1.19 bits per heavy atom. The summed E-state index contributed by atoms with van der Waals surface area (Å²) in [5.74, 6) is -0.374. The number of fused-ring (bicyclic) bond motifs is 1. The number of anilines is 1. The normalized spacial score (nSPS) is 22.1. The lowest BCUT2D eigenvalue weighted by molar-refractivity contribution is -0.127. The second kappa shape index (κ2) is 8.22. The second-order valence-electron chi connectivity index (χ2n) is 10.5. The van der Waals surface area contributed by atoms with E-state index in [1.54, 1.807) is 21.7 Å². The molecule has 1 N–H and O–H groups in total. The molecule has 2 heterocycles. The van der Waals surface area contributed by atoms with E-state index in [0.717, 1.165) is 36.9 Å². The van der Waals surface area contributed by atoms with Crippen LogP contribution < -0.4 is 10.2 Å². The largest absolute Gasteiger partial charge is 0.351 e. The minimum Gasteiger partial charge on any atom is -0.351 e. The van der Waals surface area contributed by atoms with Crippen LogP contribution in [0.2, 0.25) is 5.02 Å². The van der Waals surface area contributed by atoms with Crippen LogP contribution in [-0.2, 0) is 16.8 Å². The standard InChI is InChI=1S/C25H33ClN4O2/c1-16-11-12-17(26)13-19(16)30-22(31)20-14-21(24(2,3)4)28-29(20)15-25(30,5)23(32)27-18-9-7-6-8-10-18/h11-14,18H,6-10,15H2,1-5H3,(H,27,32). The van der Waals surface area contributed by atoms with Crippen molar-refractivity contribution in [3.63, 3.8) is 0 Å². The number of hydrogen-bond donors (Lipinski definition) is 1. The number of benzene rings is 1. The van der Waals surface area contributed by atoms with Gasteiger partial charge < -0.3 is 5.32 Å². The van der Waals surface area contributed by atoms with Crippen molar-refractivity contribution in [3.05, 3.63) is 46.2 Å². The summed E-state index contributed by atoms with van der Waals surface area (Å²) in [4.78, 5) is 29.3. The summed E-state index contributed by atoms with van der Waals surface area (Å²) in [5.41, 5.74) is 1.55. The quantitative estimate of drug-likeness (QED) is 0.705. The first kappa shape index (κ1) is 22.8. The van der Waals surface area contributed by atoms with Crippen molar-refractivity contribution in [1.29, 1.82) is 0 Å². The monoisotopic (exact) mass is 456 g/mol. The van der Waals surface area contributed by atoms with Crippen LogP contribution in [0.3, 0.4) is 0 Å². The molecule has 0 saturated heterocycles. The Labute approximate surface area is 195 Å². The van der Waals surface area contributed by atoms with Gasteiger partial charge in [-0.05, 0) is 50.5 Å². The number of nitrogens with one attached hydrogen (secondary N) is 1. The molecule has 4 rings (SSSR count). The van der Waals surface area contributed by atoms with Gasteiger partial charge in [0.05, 0.1) is 12.2 Å². The third-order valence-electron chi connectivity index (χ3n) is 6.76. The highest BCUT2D eigenvalue weighted by molar-refractivity contribution is 6.31. The number of aromatic nitrogens is 2. The Kier molecular flexibility index (Phi) is 5.86. The van der Waals surface area contributed by atoms with Gasteiger partial charge in [-0.25, -0.2) is 0 Å². The van der Waals surface area contributed by atoms with Crippen LogP contribution in [0, 0.1) is 6.92 Å². The Bertz CT molecular complexity index is 1050. The lowest BCUT2D eigenvalue weighted by atomic mass is 9.90. The number of carbonyl (C=O) groups excluding carboxylic acids is 2. The van der Waals surface area contributed by atoms with Crippen molar-refractivity contribution < 1.29 is 9.59 Å². The topological polar surface area (TPSA) is 67.2 Å². The SMILES string of the molecule is Cc1ccc(Cl)cc1N1C(=O)c2cc(C(C)(C)C)nn2CC1(C)C(=O)NC1CCCCC1. The highest BCUT2D eigenvalue weighted by atomic mass is 35.5. The first-order valence-electron chi connectivity index (χ1n) is 11.5. The molecular formula is C25H33ClN4O2. The van der Waals surface area contributed by atoms with E-state index in [1.165, 1.54) is 6.42 Å². The van der Waals surface area contributed by atoms with E-state index in [9.17, 15) is 9.59 Å². The van der Waals surface area contributed by atoms with Crippen LogP contribution in [0.25, 0.3) is 0 Å². The number of aryl methyl sites for hydroxylation is 1. The zero-order chi connectivity index (χ0) is 23.3. The first-order chi connectivity index (χ1) is 15.0. The van der Waals surface area contributed by atoms with Gasteiger partial charge in [0.15, 0.2) is 0 Å². The molecular weight excluding hydrogens is 424 g/mol. The van der Waals surface area contributed by atoms with Crippen LogP contribution in [-0.4, -0.2) is 33.2 Å². The van der Waals surface area contributed by atoms with Gasteiger partial charge in [0, 0.05) is 22.2 Å². The van der Waals surface area contributed by atoms with E-state index in [2.05, 4.69) is 26.1 Å². The maximum Gasteiger partial charge on any atom is 0.277 e. The molecule has 2 aliphatic rings. The zero-order valence-corrected chi connectivity index (χ0v) is 20.4. The predicted octanol–water partition coefficient (Wildman–Crippen LogP) is 5.01. The lowest BCUT2D eigenvalue weighted by Crippen LogP contribution is -2.65. The summed E-state index contributed by atoms with van der Waals surface area (Å²) in [6, 6.07) is 7.47. The van der Waals surface area contributed by atoms with Crippen LogP contribution in [0.1, 0.15) is 81.5 Å². The van der Waals surface area contributed by atoms with Crippen molar-refractivity contribution in [2.24, 2.45) is 0 Å². The zero-order valence-electron chi connectivity index (χ0n) is 19.7. The van der Waals surface area contributed by atoms with Crippen LogP contribution in [0.15, 0.2) is 24.3 Å². The minimum atomic E-state index is -1.13. The van der Waals surface area contributed by atoms with Gasteiger partial charge >= 0.3 is 0 Å². The number of amides is 2. The third-order valence-corrected chi connectivity index (χ3v) is 7.00.